The predicted molar refractivity (Wildman–Crippen MR) is 81.0 cm³/mol. The number of hydrogen-bond donors (Lipinski definition) is 1. The van der Waals surface area contributed by atoms with Crippen LogP contribution in [0.3, 0.4) is 0 Å². The number of likely N-dealkylation sites (tertiary alicyclic amines) is 1. The molecule has 0 bridgehead atoms. The van der Waals surface area contributed by atoms with Gasteiger partial charge in [0.2, 0.25) is 0 Å². The van der Waals surface area contributed by atoms with E-state index in [1.807, 2.05) is 47.5 Å². The molecule has 2 heterocycles. The van der Waals surface area contributed by atoms with Crippen LogP contribution < -0.4 is 0 Å². The molecular formula is C17H20N2O2. The molecule has 1 unspecified atom stereocenters. The van der Waals surface area contributed by atoms with Gasteiger partial charge < -0.3 is 14.6 Å². The summed E-state index contributed by atoms with van der Waals surface area (Å²) in [7, 11) is 0. The van der Waals surface area contributed by atoms with E-state index in [2.05, 4.69) is 11.1 Å². The molecule has 1 aromatic heterocycles. The van der Waals surface area contributed by atoms with Crippen LogP contribution in [0.2, 0.25) is 0 Å². The Hall–Kier alpha value is -2.23. The Morgan fingerprint density at radius 1 is 1.24 bits per heavy atom. The number of aromatic amines is 1. The van der Waals surface area contributed by atoms with Crippen LogP contribution in [0.15, 0.2) is 48.7 Å². The highest BCUT2D eigenvalue weighted by atomic mass is 16.6. The molecule has 4 heteroatoms. The molecule has 1 aliphatic rings. The third kappa shape index (κ3) is 3.45. The maximum absolute atomic E-state index is 12.2. The van der Waals surface area contributed by atoms with Crippen molar-refractivity contribution >= 4 is 6.09 Å². The summed E-state index contributed by atoms with van der Waals surface area (Å²) < 4.78 is 5.41. The van der Waals surface area contributed by atoms with Crippen molar-refractivity contribution in [3.8, 4) is 0 Å². The molecule has 1 amide bonds. The molecule has 0 spiro atoms. The van der Waals surface area contributed by atoms with Gasteiger partial charge in [-0.2, -0.15) is 0 Å². The molecule has 2 aromatic rings. The SMILES string of the molecule is O=C(OCc1ccccc1)N1CCCC(c2ccc[nH]2)C1. The van der Waals surface area contributed by atoms with E-state index in [0.29, 0.717) is 12.5 Å². The molecule has 0 saturated carbocycles. The summed E-state index contributed by atoms with van der Waals surface area (Å²) in [6, 6.07) is 13.9. The minimum absolute atomic E-state index is 0.213. The number of rotatable bonds is 3. The third-order valence-corrected chi connectivity index (χ3v) is 3.95. The average molecular weight is 284 g/mol. The topological polar surface area (TPSA) is 45.3 Å². The molecule has 110 valence electrons. The van der Waals surface area contributed by atoms with Gasteiger partial charge >= 0.3 is 6.09 Å². The van der Waals surface area contributed by atoms with E-state index in [1.165, 1.54) is 5.69 Å². The Kier molecular flexibility index (Phi) is 4.24. The first kappa shape index (κ1) is 13.7. The summed E-state index contributed by atoms with van der Waals surface area (Å²) in [6.07, 6.45) is 3.85. The van der Waals surface area contributed by atoms with Crippen LogP contribution in [-0.4, -0.2) is 29.1 Å². The molecular weight excluding hydrogens is 264 g/mol. The first-order valence-electron chi connectivity index (χ1n) is 7.42. The Balaban J connectivity index is 1.55. The van der Waals surface area contributed by atoms with Gasteiger partial charge in [-0.1, -0.05) is 30.3 Å². The number of carbonyl (C=O) groups excluding carboxylic acids is 1. The summed E-state index contributed by atoms with van der Waals surface area (Å²) >= 11 is 0. The number of piperidine rings is 1. The maximum atomic E-state index is 12.2. The minimum Gasteiger partial charge on any atom is -0.445 e. The van der Waals surface area contributed by atoms with Crippen LogP contribution in [0, 0.1) is 0 Å². The fourth-order valence-corrected chi connectivity index (χ4v) is 2.81. The monoisotopic (exact) mass is 284 g/mol. The second-order valence-electron chi connectivity index (χ2n) is 5.45. The Labute approximate surface area is 124 Å². The summed E-state index contributed by atoms with van der Waals surface area (Å²) in [4.78, 5) is 17.2. The minimum atomic E-state index is -0.213. The molecule has 1 aromatic carbocycles. The fraction of sp³-hybridized carbons (Fsp3) is 0.353. The highest BCUT2D eigenvalue weighted by Gasteiger charge is 2.26. The number of nitrogens with one attached hydrogen (secondary N) is 1. The number of benzene rings is 1. The van der Waals surface area contributed by atoms with Crippen molar-refractivity contribution in [1.29, 1.82) is 0 Å². The van der Waals surface area contributed by atoms with Gasteiger partial charge in [-0.05, 0) is 30.5 Å². The normalized spacial score (nSPS) is 18.5. The van der Waals surface area contributed by atoms with Gasteiger partial charge in [0.05, 0.1) is 0 Å². The van der Waals surface area contributed by atoms with Crippen molar-refractivity contribution in [2.45, 2.75) is 25.4 Å². The van der Waals surface area contributed by atoms with Gasteiger partial charge in [0.15, 0.2) is 0 Å². The summed E-state index contributed by atoms with van der Waals surface area (Å²) in [5, 5.41) is 0. The highest BCUT2D eigenvalue weighted by Crippen LogP contribution is 2.26. The van der Waals surface area contributed by atoms with Crippen molar-refractivity contribution in [1.82, 2.24) is 9.88 Å². The zero-order valence-electron chi connectivity index (χ0n) is 12.0. The Bertz CT molecular complexity index is 566. The van der Waals surface area contributed by atoms with E-state index in [9.17, 15) is 4.79 Å². The van der Waals surface area contributed by atoms with Crippen molar-refractivity contribution in [2.24, 2.45) is 0 Å². The first-order valence-corrected chi connectivity index (χ1v) is 7.42. The molecule has 4 nitrogen and oxygen atoms in total. The van der Waals surface area contributed by atoms with Crippen molar-refractivity contribution < 1.29 is 9.53 Å². The Morgan fingerprint density at radius 2 is 2.10 bits per heavy atom. The van der Waals surface area contributed by atoms with Gasteiger partial charge in [0, 0.05) is 30.9 Å². The standard InChI is InChI=1S/C17H20N2O2/c20-17(21-13-14-6-2-1-3-7-14)19-11-5-8-15(12-19)16-9-4-10-18-16/h1-4,6-7,9-10,15,18H,5,8,11-13H2. The average Bonchev–Trinajstić information content (AvgIpc) is 3.08. The van der Waals surface area contributed by atoms with Crippen LogP contribution in [0.25, 0.3) is 0 Å². The summed E-state index contributed by atoms with van der Waals surface area (Å²) in [6.45, 7) is 1.85. The molecule has 1 fully saturated rings. The third-order valence-electron chi connectivity index (χ3n) is 3.95. The van der Waals surface area contributed by atoms with E-state index in [4.69, 9.17) is 4.74 Å². The summed E-state index contributed by atoms with van der Waals surface area (Å²) in [5.74, 6) is 0.387. The maximum Gasteiger partial charge on any atom is 0.410 e. The molecule has 0 aliphatic carbocycles. The largest absolute Gasteiger partial charge is 0.445 e. The number of hydrogen-bond acceptors (Lipinski definition) is 2. The smallest absolute Gasteiger partial charge is 0.410 e. The van der Waals surface area contributed by atoms with Crippen LogP contribution in [0.4, 0.5) is 4.79 Å². The van der Waals surface area contributed by atoms with E-state index in [-0.39, 0.29) is 6.09 Å². The summed E-state index contributed by atoms with van der Waals surface area (Å²) in [5.41, 5.74) is 2.22. The molecule has 0 radical (unpaired) electrons. The van der Waals surface area contributed by atoms with Gasteiger partial charge in [0.1, 0.15) is 6.61 Å². The fourth-order valence-electron chi connectivity index (χ4n) is 2.81. The first-order chi connectivity index (χ1) is 10.3. The second kappa shape index (κ2) is 6.48. The van der Waals surface area contributed by atoms with Crippen LogP contribution >= 0.6 is 0 Å². The molecule has 21 heavy (non-hydrogen) atoms. The zero-order valence-corrected chi connectivity index (χ0v) is 12.0. The van der Waals surface area contributed by atoms with Gasteiger partial charge in [0.25, 0.3) is 0 Å². The zero-order chi connectivity index (χ0) is 14.5. The van der Waals surface area contributed by atoms with Crippen LogP contribution in [-0.2, 0) is 11.3 Å². The molecule has 1 saturated heterocycles. The van der Waals surface area contributed by atoms with Gasteiger partial charge in [-0.3, -0.25) is 0 Å². The molecule has 3 rings (SSSR count). The number of carbonyl (C=O) groups is 1. The second-order valence-corrected chi connectivity index (χ2v) is 5.45. The number of H-pyrrole nitrogens is 1. The molecule has 1 atom stereocenters. The van der Waals surface area contributed by atoms with Gasteiger partial charge in [-0.25, -0.2) is 4.79 Å². The van der Waals surface area contributed by atoms with E-state index >= 15 is 0 Å². The Morgan fingerprint density at radius 3 is 2.86 bits per heavy atom. The lowest BCUT2D eigenvalue weighted by atomic mass is 9.95. The van der Waals surface area contributed by atoms with E-state index < -0.39 is 0 Å². The lowest BCUT2D eigenvalue weighted by Gasteiger charge is -2.31. The quantitative estimate of drug-likeness (QED) is 0.937. The number of amides is 1. The predicted octanol–water partition coefficient (Wildman–Crippen LogP) is 3.53. The number of nitrogens with zero attached hydrogens (tertiary/aromatic N) is 1. The van der Waals surface area contributed by atoms with Crippen LogP contribution in [0.5, 0.6) is 0 Å². The molecule has 1 N–H and O–H groups in total. The van der Waals surface area contributed by atoms with E-state index in [0.717, 1.165) is 31.5 Å². The number of ether oxygens (including phenoxy) is 1. The van der Waals surface area contributed by atoms with Crippen molar-refractivity contribution in [3.05, 3.63) is 59.9 Å². The van der Waals surface area contributed by atoms with Crippen molar-refractivity contribution in [2.75, 3.05) is 13.1 Å². The van der Waals surface area contributed by atoms with Gasteiger partial charge in [-0.15, -0.1) is 0 Å². The molecule has 1 aliphatic heterocycles. The lowest BCUT2D eigenvalue weighted by Crippen LogP contribution is -2.39. The van der Waals surface area contributed by atoms with Crippen LogP contribution in [0.1, 0.15) is 30.0 Å². The van der Waals surface area contributed by atoms with E-state index in [1.54, 1.807) is 0 Å². The number of aromatic nitrogens is 1. The highest BCUT2D eigenvalue weighted by molar-refractivity contribution is 5.67. The van der Waals surface area contributed by atoms with Crippen molar-refractivity contribution in [3.63, 3.8) is 0 Å². The lowest BCUT2D eigenvalue weighted by molar-refractivity contribution is 0.0856.